The van der Waals surface area contributed by atoms with Crippen LogP contribution in [0.4, 0.5) is 17.6 Å². The van der Waals surface area contributed by atoms with E-state index >= 15 is 0 Å². The number of methoxy groups -OCH3 is 1. The minimum atomic E-state index is -4.78. The Kier molecular flexibility index (Phi) is 6.06. The van der Waals surface area contributed by atoms with Gasteiger partial charge in [0.05, 0.1) is 6.61 Å². The zero-order valence-electron chi connectivity index (χ0n) is 15.4. The molecule has 1 fully saturated rings. The summed E-state index contributed by atoms with van der Waals surface area (Å²) in [5.41, 5.74) is -2.41. The number of carbonyl (C=O) groups is 1. The third kappa shape index (κ3) is 3.75. The molecule has 0 aliphatic carbocycles. The number of rotatable bonds is 6. The van der Waals surface area contributed by atoms with E-state index in [1.807, 2.05) is 0 Å². The lowest BCUT2D eigenvalue weighted by Gasteiger charge is -2.32. The molecule has 0 aromatic heterocycles. The van der Waals surface area contributed by atoms with E-state index in [1.54, 1.807) is 0 Å². The van der Waals surface area contributed by atoms with Gasteiger partial charge in [-0.25, -0.2) is 9.18 Å². The van der Waals surface area contributed by atoms with Gasteiger partial charge < -0.3 is 19.3 Å². The highest BCUT2D eigenvalue weighted by atomic mass is 19.4. The van der Waals surface area contributed by atoms with Crippen molar-refractivity contribution in [3.8, 4) is 5.75 Å². The summed E-state index contributed by atoms with van der Waals surface area (Å²) in [6, 6.07) is 2.34. The summed E-state index contributed by atoms with van der Waals surface area (Å²) in [5, 5.41) is 9.46. The van der Waals surface area contributed by atoms with E-state index in [0.29, 0.717) is 0 Å². The number of hydrogen-bond acceptors (Lipinski definition) is 4. The first-order valence-corrected chi connectivity index (χ1v) is 8.33. The van der Waals surface area contributed by atoms with E-state index in [-0.39, 0.29) is 30.1 Å². The van der Waals surface area contributed by atoms with Crippen LogP contribution >= 0.6 is 0 Å². The maximum atomic E-state index is 14.0. The zero-order chi connectivity index (χ0) is 20.6. The van der Waals surface area contributed by atoms with E-state index < -0.39 is 41.5 Å². The van der Waals surface area contributed by atoms with Crippen LogP contribution in [-0.2, 0) is 14.3 Å². The molecule has 1 aliphatic heterocycles. The molecule has 1 aromatic carbocycles. The number of carboxylic acid groups (broad SMARTS) is 1. The van der Waals surface area contributed by atoms with E-state index in [9.17, 15) is 27.5 Å². The maximum absolute atomic E-state index is 14.0. The normalized spacial score (nSPS) is 28.4. The van der Waals surface area contributed by atoms with Crippen molar-refractivity contribution in [2.24, 2.45) is 5.92 Å². The third-order valence-corrected chi connectivity index (χ3v) is 5.18. The zero-order valence-corrected chi connectivity index (χ0v) is 15.4. The first-order chi connectivity index (χ1) is 12.5. The Labute approximate surface area is 154 Å². The fraction of sp³-hybridized carbons (Fsp3) is 0.611. The Bertz CT molecular complexity index is 706. The fourth-order valence-electron chi connectivity index (χ4n) is 3.38. The number of halogens is 4. The Morgan fingerprint density at radius 3 is 2.48 bits per heavy atom. The van der Waals surface area contributed by atoms with Crippen molar-refractivity contribution in [1.29, 1.82) is 0 Å². The number of ether oxygens (including phenoxy) is 3. The van der Waals surface area contributed by atoms with Gasteiger partial charge in [-0.2, -0.15) is 13.2 Å². The second kappa shape index (κ2) is 7.63. The van der Waals surface area contributed by atoms with Gasteiger partial charge >= 0.3 is 12.1 Å². The molecular formula is C18H22F4O5. The molecule has 9 heteroatoms. The molecule has 0 spiro atoms. The third-order valence-electron chi connectivity index (χ3n) is 5.18. The summed E-state index contributed by atoms with van der Waals surface area (Å²) in [6.45, 7) is 3.73. The average Bonchev–Trinajstić information content (AvgIpc) is 2.85. The van der Waals surface area contributed by atoms with Crippen LogP contribution in [0, 0.1) is 18.7 Å². The van der Waals surface area contributed by atoms with E-state index in [4.69, 9.17) is 14.2 Å². The fourth-order valence-corrected chi connectivity index (χ4v) is 3.38. The second-order valence-corrected chi connectivity index (χ2v) is 6.73. The van der Waals surface area contributed by atoms with Crippen molar-refractivity contribution >= 4 is 5.97 Å². The van der Waals surface area contributed by atoms with Crippen molar-refractivity contribution in [3.05, 3.63) is 29.1 Å². The summed E-state index contributed by atoms with van der Waals surface area (Å²) in [7, 11) is 1.44. The van der Waals surface area contributed by atoms with Gasteiger partial charge in [0.2, 0.25) is 0 Å². The molecule has 27 heavy (non-hydrogen) atoms. The number of hydrogen-bond donors (Lipinski definition) is 1. The molecule has 1 saturated heterocycles. The topological polar surface area (TPSA) is 65.0 Å². The van der Waals surface area contributed by atoms with Crippen LogP contribution in [0.25, 0.3) is 0 Å². The molecule has 5 nitrogen and oxygen atoms in total. The molecule has 2 rings (SSSR count). The quantitative estimate of drug-likeness (QED) is 0.589. The first kappa shape index (κ1) is 21.4. The van der Waals surface area contributed by atoms with Crippen LogP contribution in [0.3, 0.4) is 0 Å². The van der Waals surface area contributed by atoms with Crippen molar-refractivity contribution in [3.63, 3.8) is 0 Å². The standard InChI is InChI=1S/C18H22F4O5/c1-9-12(19)6-5-11(14(9)26-8-7-25-4)13-10(2)17(3,18(20,21)22)27-15(13)16(23)24/h5-6,10,13,15H,7-8H2,1-4H3,(H,23,24). The van der Waals surface area contributed by atoms with E-state index in [2.05, 4.69) is 0 Å². The SMILES string of the molecule is COCCOc1c(C2C(C(=O)O)OC(C)(C(F)(F)F)C2C)ccc(F)c1C. The van der Waals surface area contributed by atoms with Gasteiger partial charge in [0.15, 0.2) is 11.7 Å². The van der Waals surface area contributed by atoms with Crippen LogP contribution in [0.15, 0.2) is 12.1 Å². The van der Waals surface area contributed by atoms with Gasteiger partial charge in [-0.05, 0) is 19.9 Å². The Hall–Kier alpha value is -1.87. The second-order valence-electron chi connectivity index (χ2n) is 6.73. The molecular weight excluding hydrogens is 372 g/mol. The lowest BCUT2D eigenvalue weighted by Crippen LogP contribution is -2.47. The van der Waals surface area contributed by atoms with Gasteiger partial charge in [0, 0.05) is 30.1 Å². The molecule has 1 aromatic rings. The van der Waals surface area contributed by atoms with Crippen molar-refractivity contribution in [1.82, 2.24) is 0 Å². The van der Waals surface area contributed by atoms with Crippen LogP contribution in [0.2, 0.25) is 0 Å². The predicted octanol–water partition coefficient (Wildman–Crippen LogP) is 3.68. The molecule has 4 atom stereocenters. The molecule has 1 aliphatic rings. The lowest BCUT2D eigenvalue weighted by atomic mass is 9.76. The highest BCUT2D eigenvalue weighted by Crippen LogP contribution is 2.54. The first-order valence-electron chi connectivity index (χ1n) is 8.33. The largest absolute Gasteiger partial charge is 0.491 e. The van der Waals surface area contributed by atoms with E-state index in [0.717, 1.165) is 13.0 Å². The van der Waals surface area contributed by atoms with Crippen LogP contribution in [0.1, 0.15) is 30.9 Å². The van der Waals surface area contributed by atoms with Crippen molar-refractivity contribution < 1.29 is 41.7 Å². The van der Waals surface area contributed by atoms with Gasteiger partial charge in [-0.1, -0.05) is 13.0 Å². The van der Waals surface area contributed by atoms with E-state index in [1.165, 1.54) is 27.0 Å². The molecule has 0 radical (unpaired) electrons. The molecule has 1 heterocycles. The smallest absolute Gasteiger partial charge is 0.417 e. The Morgan fingerprint density at radius 1 is 1.33 bits per heavy atom. The molecule has 0 bridgehead atoms. The number of carboxylic acids is 1. The van der Waals surface area contributed by atoms with Crippen LogP contribution in [0.5, 0.6) is 5.75 Å². The van der Waals surface area contributed by atoms with Gasteiger partial charge in [-0.15, -0.1) is 0 Å². The summed E-state index contributed by atoms with van der Waals surface area (Å²) in [6.07, 6.45) is -6.53. The summed E-state index contributed by atoms with van der Waals surface area (Å²) >= 11 is 0. The molecule has 1 N–H and O–H groups in total. The predicted molar refractivity (Wildman–Crippen MR) is 87.4 cm³/mol. The summed E-state index contributed by atoms with van der Waals surface area (Å²) in [4.78, 5) is 11.6. The number of benzene rings is 1. The highest BCUT2D eigenvalue weighted by molar-refractivity contribution is 5.75. The van der Waals surface area contributed by atoms with Gasteiger partial charge in [0.1, 0.15) is 18.2 Å². The minimum Gasteiger partial charge on any atom is -0.491 e. The van der Waals surface area contributed by atoms with Crippen LogP contribution in [-0.4, -0.2) is 49.3 Å². The van der Waals surface area contributed by atoms with Crippen LogP contribution < -0.4 is 4.74 Å². The molecule has 0 amide bonds. The molecule has 152 valence electrons. The van der Waals surface area contributed by atoms with Gasteiger partial charge in [-0.3, -0.25) is 0 Å². The lowest BCUT2D eigenvalue weighted by molar-refractivity contribution is -0.273. The number of alkyl halides is 3. The van der Waals surface area contributed by atoms with Crippen molar-refractivity contribution in [2.75, 3.05) is 20.3 Å². The Morgan fingerprint density at radius 2 is 1.96 bits per heavy atom. The summed E-state index contributed by atoms with van der Waals surface area (Å²) < 4.78 is 70.2. The van der Waals surface area contributed by atoms with Crippen molar-refractivity contribution in [2.45, 2.75) is 44.6 Å². The Balaban J connectivity index is 2.57. The van der Waals surface area contributed by atoms with Gasteiger partial charge in [0.25, 0.3) is 0 Å². The number of aliphatic carboxylic acids is 1. The maximum Gasteiger partial charge on any atom is 0.417 e. The highest BCUT2D eigenvalue weighted by Gasteiger charge is 2.66. The molecule has 0 saturated carbocycles. The minimum absolute atomic E-state index is 0.0187. The summed E-state index contributed by atoms with van der Waals surface area (Å²) in [5.74, 6) is -4.53. The monoisotopic (exact) mass is 394 g/mol. The average molecular weight is 394 g/mol. The molecule has 4 unspecified atom stereocenters.